The summed E-state index contributed by atoms with van der Waals surface area (Å²) in [5.41, 5.74) is 3.38. The van der Waals surface area contributed by atoms with Gasteiger partial charge < -0.3 is 5.32 Å². The minimum absolute atomic E-state index is 0.633. The van der Waals surface area contributed by atoms with Crippen LogP contribution in [0.4, 0.5) is 5.82 Å². The van der Waals surface area contributed by atoms with Crippen molar-refractivity contribution in [1.82, 2.24) is 9.97 Å². The Bertz CT molecular complexity index is 491. The van der Waals surface area contributed by atoms with Crippen LogP contribution in [0, 0.1) is 0 Å². The molecule has 0 bridgehead atoms. The van der Waals surface area contributed by atoms with Gasteiger partial charge in [-0.3, -0.25) is 9.98 Å². The van der Waals surface area contributed by atoms with E-state index in [-0.39, 0.29) is 0 Å². The van der Waals surface area contributed by atoms with E-state index >= 15 is 0 Å². The number of aromatic nitrogens is 2. The zero-order valence-electron chi connectivity index (χ0n) is 11.1. The highest BCUT2D eigenvalue weighted by atomic mass is 15.0. The Morgan fingerprint density at radius 1 is 1.33 bits per heavy atom. The van der Waals surface area contributed by atoms with E-state index in [1.165, 1.54) is 0 Å². The first-order valence-corrected chi connectivity index (χ1v) is 5.59. The molecular weight excluding hydrogens is 224 g/mol. The van der Waals surface area contributed by atoms with Gasteiger partial charge in [0.25, 0.3) is 0 Å². The fourth-order valence-corrected chi connectivity index (χ4v) is 1.29. The third kappa shape index (κ3) is 3.97. The molecule has 1 aromatic rings. The number of hydrogen-bond acceptors (Lipinski definition) is 4. The molecule has 0 aromatic carbocycles. The molecule has 0 radical (unpaired) electrons. The van der Waals surface area contributed by atoms with Gasteiger partial charge in [0, 0.05) is 7.05 Å². The maximum atomic E-state index is 4.20. The lowest BCUT2D eigenvalue weighted by atomic mass is 10.2. The van der Waals surface area contributed by atoms with E-state index in [0.717, 1.165) is 17.0 Å². The lowest BCUT2D eigenvalue weighted by molar-refractivity contribution is 1.17. The fraction of sp³-hybridized carbons (Fsp3) is 0.214. The minimum atomic E-state index is 0.633. The van der Waals surface area contributed by atoms with E-state index in [4.69, 9.17) is 0 Å². The van der Waals surface area contributed by atoms with Crippen LogP contribution in [0.25, 0.3) is 6.08 Å². The van der Waals surface area contributed by atoms with Crippen LogP contribution in [0.1, 0.15) is 19.5 Å². The highest BCUT2D eigenvalue weighted by Gasteiger charge is 2.02. The van der Waals surface area contributed by atoms with Gasteiger partial charge in [-0.15, -0.1) is 0 Å². The first-order chi connectivity index (χ1) is 8.56. The van der Waals surface area contributed by atoms with Gasteiger partial charge in [-0.1, -0.05) is 18.7 Å². The second kappa shape index (κ2) is 6.49. The molecule has 1 rings (SSSR count). The van der Waals surface area contributed by atoms with Gasteiger partial charge in [-0.2, -0.15) is 0 Å². The van der Waals surface area contributed by atoms with Crippen LogP contribution in [0.2, 0.25) is 0 Å². The predicted octanol–water partition coefficient (Wildman–Crippen LogP) is 3.08. The van der Waals surface area contributed by atoms with Crippen LogP contribution in [0.3, 0.4) is 0 Å². The van der Waals surface area contributed by atoms with E-state index < -0.39 is 0 Å². The highest BCUT2D eigenvalue weighted by Crippen LogP contribution is 2.07. The maximum Gasteiger partial charge on any atom is 0.148 e. The zero-order valence-corrected chi connectivity index (χ0v) is 11.1. The Morgan fingerprint density at radius 3 is 2.50 bits per heavy atom. The summed E-state index contributed by atoms with van der Waals surface area (Å²) in [6, 6.07) is 0. The molecule has 4 nitrogen and oxygen atoms in total. The first-order valence-electron chi connectivity index (χ1n) is 5.59. The summed E-state index contributed by atoms with van der Waals surface area (Å²) >= 11 is 0. The molecule has 0 unspecified atom stereocenters. The molecule has 0 amide bonds. The highest BCUT2D eigenvalue weighted by molar-refractivity contribution is 6.09. The van der Waals surface area contributed by atoms with E-state index in [0.29, 0.717) is 11.5 Å². The van der Waals surface area contributed by atoms with Crippen molar-refractivity contribution in [1.29, 1.82) is 0 Å². The van der Waals surface area contributed by atoms with E-state index in [2.05, 4.69) is 33.4 Å². The van der Waals surface area contributed by atoms with E-state index in [9.17, 15) is 0 Å². The van der Waals surface area contributed by atoms with Crippen molar-refractivity contribution in [3.05, 3.63) is 48.6 Å². The Kier molecular flexibility index (Phi) is 4.99. The van der Waals surface area contributed by atoms with Gasteiger partial charge >= 0.3 is 0 Å². The Morgan fingerprint density at radius 2 is 2.06 bits per heavy atom. The summed E-state index contributed by atoms with van der Waals surface area (Å²) in [4.78, 5) is 12.5. The lowest BCUT2D eigenvalue weighted by Gasteiger charge is -2.08. The standard InChI is InChI=1S/C14H18N4/c1-6-12-8-17-14(9-16-12)18-11(4)13(15-5)7-10(2)3/h6-9H,1,4H2,2-3,5H3,(H,17,18). The molecule has 4 heteroatoms. The summed E-state index contributed by atoms with van der Waals surface area (Å²) in [5.74, 6) is 0.633. The molecule has 0 spiro atoms. The molecule has 0 saturated carbocycles. The number of rotatable bonds is 5. The fourth-order valence-electron chi connectivity index (χ4n) is 1.29. The van der Waals surface area contributed by atoms with Crippen molar-refractivity contribution in [2.24, 2.45) is 4.99 Å². The van der Waals surface area contributed by atoms with Crippen LogP contribution in [0.5, 0.6) is 0 Å². The summed E-state index contributed by atoms with van der Waals surface area (Å²) in [7, 11) is 1.73. The van der Waals surface area contributed by atoms with Crippen LogP contribution in [0.15, 0.2) is 47.9 Å². The quantitative estimate of drug-likeness (QED) is 0.807. The van der Waals surface area contributed by atoms with Crippen molar-refractivity contribution in [3.8, 4) is 0 Å². The summed E-state index contributed by atoms with van der Waals surface area (Å²) in [6.45, 7) is 11.6. The molecule has 1 heterocycles. The van der Waals surface area contributed by atoms with Gasteiger partial charge in [0.05, 0.1) is 29.5 Å². The third-order valence-electron chi connectivity index (χ3n) is 2.14. The second-order valence-corrected chi connectivity index (χ2v) is 3.96. The van der Waals surface area contributed by atoms with Crippen LogP contribution in [-0.2, 0) is 0 Å². The van der Waals surface area contributed by atoms with E-state index in [1.54, 1.807) is 25.5 Å². The van der Waals surface area contributed by atoms with Crippen molar-refractivity contribution in [3.63, 3.8) is 0 Å². The zero-order chi connectivity index (χ0) is 13.5. The number of anilines is 1. The molecule has 0 aliphatic carbocycles. The minimum Gasteiger partial charge on any atom is -0.338 e. The average molecular weight is 242 g/mol. The van der Waals surface area contributed by atoms with Crippen LogP contribution in [-0.4, -0.2) is 22.7 Å². The molecule has 1 aromatic heterocycles. The topological polar surface area (TPSA) is 50.2 Å². The van der Waals surface area contributed by atoms with Gasteiger partial charge in [0.1, 0.15) is 5.82 Å². The van der Waals surface area contributed by atoms with Crippen molar-refractivity contribution in [2.45, 2.75) is 13.8 Å². The smallest absolute Gasteiger partial charge is 0.148 e. The molecule has 0 aliphatic heterocycles. The molecule has 18 heavy (non-hydrogen) atoms. The number of hydrogen-bond donors (Lipinski definition) is 1. The monoisotopic (exact) mass is 242 g/mol. The Hall–Kier alpha value is -2.23. The largest absolute Gasteiger partial charge is 0.338 e. The molecule has 1 N–H and O–H groups in total. The molecule has 0 atom stereocenters. The summed E-state index contributed by atoms with van der Waals surface area (Å²) < 4.78 is 0. The number of aliphatic imine (C=N–C) groups is 1. The van der Waals surface area contributed by atoms with Crippen LogP contribution >= 0.6 is 0 Å². The number of nitrogens with one attached hydrogen (secondary N) is 1. The Labute approximate surface area is 108 Å². The van der Waals surface area contributed by atoms with Crippen molar-refractivity contribution < 1.29 is 0 Å². The molecule has 0 saturated heterocycles. The molecule has 0 aliphatic rings. The van der Waals surface area contributed by atoms with Crippen LogP contribution < -0.4 is 5.32 Å². The van der Waals surface area contributed by atoms with Crippen molar-refractivity contribution >= 4 is 17.6 Å². The SMILES string of the molecule is C=Cc1cnc(NC(=C)C(C=C(C)C)=NC)cn1. The molecular formula is C14H18N4. The van der Waals surface area contributed by atoms with Crippen molar-refractivity contribution in [2.75, 3.05) is 12.4 Å². The first kappa shape index (κ1) is 13.8. The van der Waals surface area contributed by atoms with E-state index in [1.807, 2.05) is 19.9 Å². The normalized spacial score (nSPS) is 10.7. The maximum absolute atomic E-state index is 4.20. The summed E-state index contributed by atoms with van der Waals surface area (Å²) in [6.07, 6.45) is 6.89. The van der Waals surface area contributed by atoms with Gasteiger partial charge in [0.2, 0.25) is 0 Å². The number of allylic oxidation sites excluding steroid dienone is 2. The summed E-state index contributed by atoms with van der Waals surface area (Å²) in [5, 5.41) is 3.07. The molecule has 94 valence electrons. The Balaban J connectivity index is 2.80. The van der Waals surface area contributed by atoms with Gasteiger partial charge in [-0.25, -0.2) is 4.98 Å². The van der Waals surface area contributed by atoms with Gasteiger partial charge in [0.15, 0.2) is 0 Å². The average Bonchev–Trinajstić information content (AvgIpc) is 2.36. The molecule has 0 fully saturated rings. The number of nitrogens with zero attached hydrogens (tertiary/aromatic N) is 3. The van der Waals surface area contributed by atoms with Gasteiger partial charge in [-0.05, 0) is 26.0 Å². The lowest BCUT2D eigenvalue weighted by Crippen LogP contribution is -2.10. The predicted molar refractivity (Wildman–Crippen MR) is 77.7 cm³/mol. The third-order valence-corrected chi connectivity index (χ3v) is 2.14. The second-order valence-electron chi connectivity index (χ2n) is 3.96.